The summed E-state index contributed by atoms with van der Waals surface area (Å²) in [5.74, 6) is -3.20. The van der Waals surface area contributed by atoms with E-state index in [9.17, 15) is 26.4 Å². The van der Waals surface area contributed by atoms with Crippen LogP contribution in [0, 0.1) is 17.1 Å². The van der Waals surface area contributed by atoms with Crippen LogP contribution in [0.3, 0.4) is 0 Å². The quantitative estimate of drug-likeness (QED) is 0.877. The number of Topliss-reactive ketones (excluding diaryl/α,β-unsaturated/α-hetero) is 1. The highest BCUT2D eigenvalue weighted by Gasteiger charge is 2.53. The first-order valence-corrected chi connectivity index (χ1v) is 8.88. The zero-order chi connectivity index (χ0) is 19.3. The second kappa shape index (κ2) is 5.74. The van der Waals surface area contributed by atoms with E-state index in [2.05, 4.69) is 10.1 Å². The van der Waals surface area contributed by atoms with Crippen LogP contribution in [0.1, 0.15) is 15.9 Å². The van der Waals surface area contributed by atoms with Gasteiger partial charge in [-0.1, -0.05) is 0 Å². The van der Waals surface area contributed by atoms with Crippen molar-refractivity contribution in [1.82, 2.24) is 0 Å². The normalized spacial score (nSPS) is 15.1. The van der Waals surface area contributed by atoms with Crippen LogP contribution in [0.15, 0.2) is 35.2 Å². The third-order valence-electron chi connectivity index (χ3n) is 3.55. The molecule has 0 radical (unpaired) electrons. The first-order chi connectivity index (χ1) is 12.0. The summed E-state index contributed by atoms with van der Waals surface area (Å²) in [5, 5.41) is 11.4. The molecule has 3 rings (SSSR count). The molecule has 1 N–H and O–H groups in total. The Labute approximate surface area is 145 Å². The highest BCUT2D eigenvalue weighted by molar-refractivity contribution is 7.90. The molecule has 1 aliphatic heterocycles. The number of rotatable bonds is 3. The summed E-state index contributed by atoms with van der Waals surface area (Å²) >= 11 is 0. The van der Waals surface area contributed by atoms with Gasteiger partial charge in [0.2, 0.25) is 0 Å². The lowest BCUT2D eigenvalue weighted by Gasteiger charge is -2.13. The van der Waals surface area contributed by atoms with E-state index in [0.29, 0.717) is 0 Å². The summed E-state index contributed by atoms with van der Waals surface area (Å²) < 4.78 is 68.9. The molecular formula is C16H9F3N2O4S. The van der Waals surface area contributed by atoms with E-state index in [1.165, 1.54) is 6.07 Å². The summed E-state index contributed by atoms with van der Waals surface area (Å²) in [7, 11) is -3.98. The molecule has 0 bridgehead atoms. The van der Waals surface area contributed by atoms with Crippen molar-refractivity contribution in [3.63, 3.8) is 0 Å². The number of hydrogen-bond donors (Lipinski definition) is 1. The molecule has 0 fully saturated rings. The number of hydrogen-bond acceptors (Lipinski definition) is 6. The van der Waals surface area contributed by atoms with Gasteiger partial charge < -0.3 is 10.1 Å². The monoisotopic (exact) mass is 382 g/mol. The molecule has 0 aliphatic carbocycles. The summed E-state index contributed by atoms with van der Waals surface area (Å²) in [6.45, 7) is 0. The first kappa shape index (κ1) is 17.8. The van der Waals surface area contributed by atoms with Crippen LogP contribution >= 0.6 is 0 Å². The van der Waals surface area contributed by atoms with Crippen molar-refractivity contribution in [2.45, 2.75) is 11.0 Å². The molecule has 2 aromatic carbocycles. The number of nitriles is 1. The number of sulfone groups is 1. The molecule has 1 heterocycles. The molecule has 2 aromatic rings. The lowest BCUT2D eigenvalue weighted by molar-refractivity contribution is -0.123. The van der Waals surface area contributed by atoms with Gasteiger partial charge in [-0.3, -0.25) is 4.79 Å². The highest BCUT2D eigenvalue weighted by atomic mass is 32.2. The second-order valence-corrected chi connectivity index (χ2v) is 7.49. The number of benzene rings is 2. The molecule has 0 spiro atoms. The Morgan fingerprint density at radius 1 is 1.23 bits per heavy atom. The van der Waals surface area contributed by atoms with Crippen molar-refractivity contribution in [3.05, 3.63) is 47.3 Å². The van der Waals surface area contributed by atoms with E-state index in [-0.39, 0.29) is 16.9 Å². The van der Waals surface area contributed by atoms with E-state index < -0.39 is 43.8 Å². The van der Waals surface area contributed by atoms with E-state index in [1.54, 1.807) is 6.07 Å². The average molecular weight is 382 g/mol. The molecule has 0 saturated heterocycles. The number of alkyl halides is 2. The van der Waals surface area contributed by atoms with Crippen LogP contribution in [-0.4, -0.2) is 26.6 Å². The number of ether oxygens (including phenoxy) is 1. The molecule has 0 aromatic heterocycles. The Morgan fingerprint density at radius 3 is 2.54 bits per heavy atom. The molecule has 0 saturated carbocycles. The molecule has 0 atom stereocenters. The second-order valence-electron chi connectivity index (χ2n) is 5.50. The molecular weight excluding hydrogens is 373 g/mol. The van der Waals surface area contributed by atoms with Crippen LogP contribution in [0.4, 0.5) is 24.5 Å². The predicted molar refractivity (Wildman–Crippen MR) is 83.9 cm³/mol. The fraction of sp³-hybridized carbons (Fsp3) is 0.125. The smallest absolute Gasteiger partial charge is 0.423 e. The minimum Gasteiger partial charge on any atom is -0.423 e. The number of carbonyl (C=O) groups excluding carboxylic acids is 1. The molecule has 6 nitrogen and oxygen atoms in total. The van der Waals surface area contributed by atoms with Crippen LogP contribution in [-0.2, 0) is 9.84 Å². The van der Waals surface area contributed by atoms with Gasteiger partial charge >= 0.3 is 6.11 Å². The molecule has 0 amide bonds. The third-order valence-corrected chi connectivity index (χ3v) is 4.69. The first-order valence-electron chi connectivity index (χ1n) is 6.99. The van der Waals surface area contributed by atoms with E-state index in [1.807, 2.05) is 0 Å². The largest absolute Gasteiger partial charge is 0.466 e. The molecule has 26 heavy (non-hydrogen) atoms. The van der Waals surface area contributed by atoms with Crippen molar-refractivity contribution in [1.29, 1.82) is 5.26 Å². The summed E-state index contributed by atoms with van der Waals surface area (Å²) in [4.78, 5) is 11.3. The van der Waals surface area contributed by atoms with Gasteiger partial charge in [0.25, 0.3) is 5.78 Å². The number of halogens is 3. The van der Waals surface area contributed by atoms with Gasteiger partial charge in [0, 0.05) is 11.9 Å². The number of fused-ring (bicyclic) bond motifs is 1. The van der Waals surface area contributed by atoms with Crippen LogP contribution in [0.25, 0.3) is 0 Å². The fourth-order valence-corrected chi connectivity index (χ4v) is 3.37. The molecule has 1 aliphatic rings. The number of nitrogens with zero attached hydrogens (tertiary/aromatic N) is 1. The van der Waals surface area contributed by atoms with Gasteiger partial charge in [-0.15, -0.1) is 0 Å². The zero-order valence-corrected chi connectivity index (χ0v) is 13.8. The maximum atomic E-state index is 13.7. The summed E-state index contributed by atoms with van der Waals surface area (Å²) in [6.07, 6.45) is -3.45. The Kier molecular flexibility index (Phi) is 3.92. The van der Waals surface area contributed by atoms with Crippen molar-refractivity contribution in [2.24, 2.45) is 0 Å². The van der Waals surface area contributed by atoms with E-state index in [0.717, 1.165) is 30.5 Å². The molecule has 10 heteroatoms. The maximum absolute atomic E-state index is 13.7. The van der Waals surface area contributed by atoms with Crippen LogP contribution < -0.4 is 10.1 Å². The summed E-state index contributed by atoms with van der Waals surface area (Å²) in [6, 6.07) is 7.02. The van der Waals surface area contributed by atoms with E-state index >= 15 is 0 Å². The number of ketones is 1. The predicted octanol–water partition coefficient (Wildman–Crippen LogP) is 3.01. The number of nitrogens with one attached hydrogen (secondary N) is 1. The Morgan fingerprint density at radius 2 is 1.92 bits per heavy atom. The SMILES string of the molecule is CS(=O)(=O)c1ccc(Nc2cc(F)cc(C#N)c2)c2c1C(=O)C(F)(F)O2. The number of carbonyl (C=O) groups is 1. The van der Waals surface area contributed by atoms with Gasteiger partial charge in [-0.25, -0.2) is 12.8 Å². The third kappa shape index (κ3) is 2.97. The average Bonchev–Trinajstić information content (AvgIpc) is 2.77. The van der Waals surface area contributed by atoms with Gasteiger partial charge in [0.15, 0.2) is 15.6 Å². The standard InChI is InChI=1S/C16H9F3N2O4S/c1-26(23,24)12-3-2-11(14-13(12)15(22)16(18,19)25-14)21-10-5-8(7-20)4-9(17)6-10/h2-6,21H,1H3. The number of anilines is 2. The fourth-order valence-electron chi connectivity index (χ4n) is 2.49. The van der Waals surface area contributed by atoms with E-state index in [4.69, 9.17) is 5.26 Å². The van der Waals surface area contributed by atoms with Crippen molar-refractivity contribution in [2.75, 3.05) is 11.6 Å². The topological polar surface area (TPSA) is 96.3 Å². The van der Waals surface area contributed by atoms with Gasteiger partial charge in [-0.05, 0) is 30.3 Å². The van der Waals surface area contributed by atoms with Gasteiger partial charge in [0.1, 0.15) is 5.82 Å². The van der Waals surface area contributed by atoms with Gasteiger partial charge in [0.05, 0.1) is 27.8 Å². The Bertz CT molecular complexity index is 1090. The highest BCUT2D eigenvalue weighted by Crippen LogP contribution is 2.46. The lowest BCUT2D eigenvalue weighted by Crippen LogP contribution is -2.28. The zero-order valence-electron chi connectivity index (χ0n) is 13.0. The van der Waals surface area contributed by atoms with Crippen LogP contribution in [0.2, 0.25) is 0 Å². The van der Waals surface area contributed by atoms with Crippen molar-refractivity contribution < 1.29 is 31.1 Å². The Hall–Kier alpha value is -3.06. The maximum Gasteiger partial charge on any atom is 0.466 e. The lowest BCUT2D eigenvalue weighted by atomic mass is 10.1. The van der Waals surface area contributed by atoms with Crippen molar-refractivity contribution in [3.8, 4) is 11.8 Å². The summed E-state index contributed by atoms with van der Waals surface area (Å²) in [5.41, 5.74) is -0.951. The van der Waals surface area contributed by atoms with Gasteiger partial charge in [-0.2, -0.15) is 14.0 Å². The molecule has 134 valence electrons. The van der Waals surface area contributed by atoms with Crippen molar-refractivity contribution >= 4 is 27.0 Å². The Balaban J connectivity index is 2.16. The minimum absolute atomic E-state index is 0.0285. The van der Waals surface area contributed by atoms with Crippen LogP contribution in [0.5, 0.6) is 5.75 Å². The molecule has 0 unspecified atom stereocenters. The minimum atomic E-state index is -4.22.